The molecule has 47 heavy (non-hydrogen) atoms. The number of carboxylic acids is 3. The van der Waals surface area contributed by atoms with Gasteiger partial charge < -0.3 is 24.6 Å². The second kappa shape index (κ2) is 15.7. The van der Waals surface area contributed by atoms with Crippen LogP contribution in [-0.2, 0) is 32.9 Å². The number of pyridine rings is 1. The van der Waals surface area contributed by atoms with Crippen molar-refractivity contribution in [2.75, 3.05) is 24.5 Å². The molecular formula is C28H26F9N3O7. The van der Waals surface area contributed by atoms with Gasteiger partial charge in [-0.3, -0.25) is 9.88 Å². The van der Waals surface area contributed by atoms with Crippen LogP contribution in [0.2, 0.25) is 0 Å². The van der Waals surface area contributed by atoms with Crippen LogP contribution < -0.4 is 4.90 Å². The minimum absolute atomic E-state index is 0.137. The molecule has 1 aromatic carbocycles. The monoisotopic (exact) mass is 687 g/mol. The molecule has 0 radical (unpaired) electrons. The molecule has 1 fully saturated rings. The Labute approximate surface area is 259 Å². The highest BCUT2D eigenvalue weighted by Gasteiger charge is 2.48. The van der Waals surface area contributed by atoms with Crippen molar-refractivity contribution < 1.29 is 73.6 Å². The fraction of sp³-hybridized carbons (Fsp3) is 0.357. The second-order valence-corrected chi connectivity index (χ2v) is 9.94. The third-order valence-corrected chi connectivity index (χ3v) is 6.46. The Morgan fingerprint density at radius 1 is 0.745 bits per heavy atom. The second-order valence-electron chi connectivity index (χ2n) is 9.94. The van der Waals surface area contributed by atoms with Gasteiger partial charge in [-0.1, -0.05) is 30.3 Å². The number of likely N-dealkylation sites (tertiary alicyclic amines) is 1. The van der Waals surface area contributed by atoms with Crippen LogP contribution in [0.5, 0.6) is 0 Å². The third kappa shape index (κ3) is 11.8. The maximum atomic E-state index is 10.6. The van der Waals surface area contributed by atoms with Gasteiger partial charge in [-0.05, 0) is 42.8 Å². The number of hydrogen-bond acceptors (Lipinski definition) is 7. The maximum Gasteiger partial charge on any atom is 0.490 e. The van der Waals surface area contributed by atoms with Gasteiger partial charge in [0.15, 0.2) is 0 Å². The standard InChI is InChI=1S/C22H23N3O.3C2HF3O2/c1-2-6-18(7-3-1)14-25-17-22(21-20(25)9-4-11-23-21)10-12-24(16-22)15-19-8-5-13-26-19;3*3-2(4,5)1(6)7/h1-9,11,13H,10,12,14-17H2;3*(H,6,7). The lowest BCUT2D eigenvalue weighted by atomic mass is 9.85. The van der Waals surface area contributed by atoms with Crippen molar-refractivity contribution in [1.29, 1.82) is 0 Å². The normalized spacial score (nSPS) is 17.3. The molecule has 1 saturated heterocycles. The lowest BCUT2D eigenvalue weighted by Gasteiger charge is -2.25. The Kier molecular flexibility index (Phi) is 12.8. The van der Waals surface area contributed by atoms with Crippen molar-refractivity contribution >= 4 is 23.6 Å². The summed E-state index contributed by atoms with van der Waals surface area (Å²) in [5, 5.41) is 21.4. The summed E-state index contributed by atoms with van der Waals surface area (Å²) in [7, 11) is 0. The van der Waals surface area contributed by atoms with E-state index < -0.39 is 36.4 Å². The van der Waals surface area contributed by atoms with Crippen molar-refractivity contribution in [1.82, 2.24) is 9.88 Å². The molecule has 0 saturated carbocycles. The number of anilines is 1. The van der Waals surface area contributed by atoms with E-state index in [0.717, 1.165) is 44.9 Å². The number of furan rings is 1. The first-order valence-corrected chi connectivity index (χ1v) is 13.0. The number of aromatic nitrogens is 1. The zero-order valence-electron chi connectivity index (χ0n) is 23.8. The predicted molar refractivity (Wildman–Crippen MR) is 143 cm³/mol. The summed E-state index contributed by atoms with van der Waals surface area (Å²) in [4.78, 5) is 36.5. The summed E-state index contributed by atoms with van der Waals surface area (Å²) in [6, 6.07) is 19.0. The molecule has 2 aliphatic heterocycles. The van der Waals surface area contributed by atoms with Crippen LogP contribution in [0.1, 0.15) is 23.4 Å². The van der Waals surface area contributed by atoms with Crippen LogP contribution >= 0.6 is 0 Å². The molecule has 2 aliphatic rings. The zero-order chi connectivity index (χ0) is 35.6. The van der Waals surface area contributed by atoms with Crippen LogP contribution in [0, 0.1) is 0 Å². The van der Waals surface area contributed by atoms with Gasteiger partial charge in [-0.2, -0.15) is 39.5 Å². The Hall–Kier alpha value is -4.81. The van der Waals surface area contributed by atoms with Crippen LogP contribution in [0.3, 0.4) is 0 Å². The number of halogens is 9. The molecule has 1 atom stereocenters. The van der Waals surface area contributed by atoms with Crippen LogP contribution in [0.4, 0.5) is 45.2 Å². The molecule has 10 nitrogen and oxygen atoms in total. The highest BCUT2D eigenvalue weighted by Crippen LogP contribution is 2.45. The summed E-state index contributed by atoms with van der Waals surface area (Å²) in [6.45, 7) is 5.01. The van der Waals surface area contributed by atoms with E-state index >= 15 is 0 Å². The first kappa shape index (κ1) is 38.4. The van der Waals surface area contributed by atoms with E-state index in [-0.39, 0.29) is 5.41 Å². The number of rotatable bonds is 4. The number of fused-ring (bicyclic) bond motifs is 2. The predicted octanol–water partition coefficient (Wildman–Crippen LogP) is 5.74. The summed E-state index contributed by atoms with van der Waals surface area (Å²) in [5.41, 5.74) is 4.07. The average molecular weight is 688 g/mol. The van der Waals surface area contributed by atoms with E-state index in [2.05, 4.69) is 58.3 Å². The Morgan fingerprint density at radius 3 is 1.74 bits per heavy atom. The fourth-order valence-electron chi connectivity index (χ4n) is 4.57. The van der Waals surface area contributed by atoms with E-state index in [4.69, 9.17) is 39.1 Å². The molecule has 3 N–H and O–H groups in total. The van der Waals surface area contributed by atoms with Crippen molar-refractivity contribution in [3.05, 3.63) is 84.1 Å². The van der Waals surface area contributed by atoms with Gasteiger partial charge in [0.25, 0.3) is 0 Å². The fourth-order valence-corrected chi connectivity index (χ4v) is 4.57. The minimum atomic E-state index is -5.08. The first-order chi connectivity index (χ1) is 21.7. The Bertz CT molecular complexity index is 1410. The number of benzene rings is 1. The molecule has 5 rings (SSSR count). The number of nitrogens with zero attached hydrogens (tertiary/aromatic N) is 3. The van der Waals surface area contributed by atoms with Gasteiger partial charge in [0.1, 0.15) is 5.76 Å². The lowest BCUT2D eigenvalue weighted by molar-refractivity contribution is -0.193. The molecule has 3 aromatic rings. The summed E-state index contributed by atoms with van der Waals surface area (Å²) >= 11 is 0. The topological polar surface area (TPSA) is 144 Å². The maximum absolute atomic E-state index is 10.6. The number of carbonyl (C=O) groups is 3. The van der Waals surface area contributed by atoms with Crippen LogP contribution in [0.25, 0.3) is 0 Å². The largest absolute Gasteiger partial charge is 0.490 e. The first-order valence-electron chi connectivity index (χ1n) is 13.0. The number of alkyl halides is 9. The summed E-state index contributed by atoms with van der Waals surface area (Å²) < 4.78 is 101. The van der Waals surface area contributed by atoms with Gasteiger partial charge in [0, 0.05) is 31.2 Å². The minimum Gasteiger partial charge on any atom is -0.475 e. The molecule has 0 amide bonds. The van der Waals surface area contributed by atoms with Crippen molar-refractivity contribution in [3.8, 4) is 0 Å². The molecule has 258 valence electrons. The van der Waals surface area contributed by atoms with E-state index in [1.807, 2.05) is 12.3 Å². The summed E-state index contributed by atoms with van der Waals surface area (Å²) in [6.07, 6.45) is -10.4. The Morgan fingerprint density at radius 2 is 1.28 bits per heavy atom. The molecule has 4 heterocycles. The SMILES string of the molecule is O=C(O)C(F)(F)F.O=C(O)C(F)(F)F.O=C(O)C(F)(F)F.c1ccc(CN2CC3(CCN(Cc4ccco4)C3)c3ncccc32)cc1. The summed E-state index contributed by atoms with van der Waals surface area (Å²) in [5.74, 6) is -7.23. The lowest BCUT2D eigenvalue weighted by Crippen LogP contribution is -2.36. The molecule has 1 spiro atoms. The Balaban J connectivity index is 0.000000301. The smallest absolute Gasteiger partial charge is 0.475 e. The van der Waals surface area contributed by atoms with Crippen molar-refractivity contribution in [2.45, 2.75) is 43.5 Å². The van der Waals surface area contributed by atoms with Crippen LogP contribution in [-0.4, -0.2) is 81.3 Å². The van der Waals surface area contributed by atoms with Crippen molar-refractivity contribution in [2.24, 2.45) is 0 Å². The number of aliphatic carboxylic acids is 3. The van der Waals surface area contributed by atoms with Gasteiger partial charge in [0.05, 0.1) is 24.2 Å². The quantitative estimate of drug-likeness (QED) is 0.291. The third-order valence-electron chi connectivity index (χ3n) is 6.46. The highest BCUT2D eigenvalue weighted by atomic mass is 19.4. The number of hydrogen-bond donors (Lipinski definition) is 3. The van der Waals surface area contributed by atoms with Gasteiger partial charge in [-0.15, -0.1) is 0 Å². The van der Waals surface area contributed by atoms with Gasteiger partial charge >= 0.3 is 36.4 Å². The van der Waals surface area contributed by atoms with E-state index in [0.29, 0.717) is 0 Å². The highest BCUT2D eigenvalue weighted by molar-refractivity contribution is 5.73. The molecule has 0 aliphatic carbocycles. The van der Waals surface area contributed by atoms with Gasteiger partial charge in [0.2, 0.25) is 0 Å². The van der Waals surface area contributed by atoms with E-state index in [1.54, 1.807) is 6.26 Å². The average Bonchev–Trinajstić information content (AvgIpc) is 3.70. The molecule has 19 heteroatoms. The number of carboxylic acid groups (broad SMARTS) is 3. The molecule has 2 aromatic heterocycles. The van der Waals surface area contributed by atoms with Crippen molar-refractivity contribution in [3.63, 3.8) is 0 Å². The van der Waals surface area contributed by atoms with Gasteiger partial charge in [-0.25, -0.2) is 14.4 Å². The molecule has 1 unspecified atom stereocenters. The zero-order valence-corrected chi connectivity index (χ0v) is 23.8. The van der Waals surface area contributed by atoms with E-state index in [1.165, 1.54) is 16.9 Å². The van der Waals surface area contributed by atoms with E-state index in [9.17, 15) is 39.5 Å². The molecular weight excluding hydrogens is 661 g/mol. The molecule has 0 bridgehead atoms. The van der Waals surface area contributed by atoms with Crippen LogP contribution in [0.15, 0.2) is 71.5 Å².